The number of anilines is 1. The number of rotatable bonds is 8. The van der Waals surface area contributed by atoms with Gasteiger partial charge in [-0.05, 0) is 24.1 Å². The highest BCUT2D eigenvalue weighted by atomic mass is 16.3. The second-order valence-electron chi connectivity index (χ2n) is 5.14. The van der Waals surface area contributed by atoms with Gasteiger partial charge in [0.05, 0.1) is 6.54 Å². The summed E-state index contributed by atoms with van der Waals surface area (Å²) in [6.45, 7) is 0.877. The van der Waals surface area contributed by atoms with Gasteiger partial charge in [0.2, 0.25) is 5.91 Å². The molecule has 0 heterocycles. The number of para-hydroxylation sites is 1. The van der Waals surface area contributed by atoms with Crippen molar-refractivity contribution in [1.29, 1.82) is 0 Å². The van der Waals surface area contributed by atoms with Crippen LogP contribution in [0.25, 0.3) is 0 Å². The van der Waals surface area contributed by atoms with Crippen LogP contribution in [0, 0.1) is 0 Å². The van der Waals surface area contributed by atoms with Gasteiger partial charge in [-0.1, -0.05) is 48.5 Å². The monoisotopic (exact) mass is 298 g/mol. The summed E-state index contributed by atoms with van der Waals surface area (Å²) in [6, 6.07) is 19.6. The van der Waals surface area contributed by atoms with E-state index in [1.165, 1.54) is 0 Å². The number of aliphatic hydroxyl groups is 1. The van der Waals surface area contributed by atoms with E-state index in [1.54, 1.807) is 0 Å². The first-order valence-corrected chi connectivity index (χ1v) is 7.51. The molecule has 0 saturated carbocycles. The van der Waals surface area contributed by atoms with Gasteiger partial charge in [0.1, 0.15) is 0 Å². The molecule has 0 radical (unpaired) electrons. The Hall–Kier alpha value is -2.33. The third-order valence-corrected chi connectivity index (χ3v) is 3.52. The third kappa shape index (κ3) is 5.22. The van der Waals surface area contributed by atoms with Gasteiger partial charge in [-0.2, -0.15) is 0 Å². The van der Waals surface area contributed by atoms with Crippen molar-refractivity contribution >= 4 is 11.6 Å². The molecular weight excluding hydrogens is 276 g/mol. The van der Waals surface area contributed by atoms with Crippen LogP contribution in [-0.4, -0.2) is 30.7 Å². The number of hydrogen-bond acceptors (Lipinski definition) is 3. The molecule has 1 atom stereocenters. The van der Waals surface area contributed by atoms with E-state index < -0.39 is 0 Å². The topological polar surface area (TPSA) is 61.4 Å². The van der Waals surface area contributed by atoms with Crippen LogP contribution in [0.3, 0.4) is 0 Å². The minimum Gasteiger partial charge on any atom is -0.396 e. The summed E-state index contributed by atoms with van der Waals surface area (Å²) in [4.78, 5) is 11.9. The molecule has 0 spiro atoms. The smallest absolute Gasteiger partial charge is 0.239 e. The summed E-state index contributed by atoms with van der Waals surface area (Å²) in [5, 5.41) is 15.2. The number of hydrogen-bond donors (Lipinski definition) is 3. The van der Waals surface area contributed by atoms with E-state index >= 15 is 0 Å². The van der Waals surface area contributed by atoms with Crippen molar-refractivity contribution in [3.05, 3.63) is 66.2 Å². The molecule has 1 unspecified atom stereocenters. The quantitative estimate of drug-likeness (QED) is 0.701. The normalized spacial score (nSPS) is 11.7. The Kier molecular flexibility index (Phi) is 6.45. The third-order valence-electron chi connectivity index (χ3n) is 3.52. The molecule has 2 aromatic rings. The molecule has 22 heavy (non-hydrogen) atoms. The van der Waals surface area contributed by atoms with Gasteiger partial charge in [0.15, 0.2) is 0 Å². The van der Waals surface area contributed by atoms with Crippen molar-refractivity contribution in [3.8, 4) is 0 Å². The molecule has 1 amide bonds. The van der Waals surface area contributed by atoms with Gasteiger partial charge < -0.3 is 15.7 Å². The highest BCUT2D eigenvalue weighted by Crippen LogP contribution is 2.18. The SMILES string of the molecule is O=C(CNc1ccccc1)NCC(CCO)c1ccccc1. The number of carbonyl (C=O) groups excluding carboxylic acids is 1. The fraction of sp³-hybridized carbons (Fsp3) is 0.278. The molecule has 3 N–H and O–H groups in total. The fourth-order valence-corrected chi connectivity index (χ4v) is 2.31. The van der Waals surface area contributed by atoms with Crippen molar-refractivity contribution in [2.24, 2.45) is 0 Å². The first kappa shape index (κ1) is 16.0. The van der Waals surface area contributed by atoms with Crippen LogP contribution in [0.1, 0.15) is 17.9 Å². The average molecular weight is 298 g/mol. The first-order chi connectivity index (χ1) is 10.8. The van der Waals surface area contributed by atoms with Crippen molar-refractivity contribution in [3.63, 3.8) is 0 Å². The predicted octanol–water partition coefficient (Wildman–Crippen LogP) is 2.38. The van der Waals surface area contributed by atoms with Crippen LogP contribution in [0.2, 0.25) is 0 Å². The molecule has 0 aliphatic carbocycles. The van der Waals surface area contributed by atoms with Crippen LogP contribution in [0.15, 0.2) is 60.7 Å². The average Bonchev–Trinajstić information content (AvgIpc) is 2.58. The standard InChI is InChI=1S/C18H22N2O2/c21-12-11-16(15-7-3-1-4-8-15)13-20-18(22)14-19-17-9-5-2-6-10-17/h1-10,16,19,21H,11-14H2,(H,20,22). The number of aliphatic hydroxyl groups excluding tert-OH is 1. The highest BCUT2D eigenvalue weighted by molar-refractivity contribution is 5.80. The maximum atomic E-state index is 11.9. The maximum Gasteiger partial charge on any atom is 0.239 e. The van der Waals surface area contributed by atoms with Gasteiger partial charge in [-0.15, -0.1) is 0 Å². The Bertz CT molecular complexity index is 558. The summed E-state index contributed by atoms with van der Waals surface area (Å²) < 4.78 is 0. The molecule has 0 fully saturated rings. The molecule has 116 valence electrons. The van der Waals surface area contributed by atoms with E-state index in [0.29, 0.717) is 13.0 Å². The minimum absolute atomic E-state index is 0.0530. The zero-order chi connectivity index (χ0) is 15.6. The van der Waals surface area contributed by atoms with Crippen LogP contribution in [0.5, 0.6) is 0 Å². The number of nitrogens with one attached hydrogen (secondary N) is 2. The lowest BCUT2D eigenvalue weighted by atomic mass is 9.96. The van der Waals surface area contributed by atoms with Crippen LogP contribution in [-0.2, 0) is 4.79 Å². The highest BCUT2D eigenvalue weighted by Gasteiger charge is 2.12. The van der Waals surface area contributed by atoms with E-state index in [4.69, 9.17) is 0 Å². The second-order valence-corrected chi connectivity index (χ2v) is 5.14. The Morgan fingerprint density at radius 1 is 1.00 bits per heavy atom. The number of amides is 1. The van der Waals surface area contributed by atoms with E-state index in [2.05, 4.69) is 10.6 Å². The van der Waals surface area contributed by atoms with Crippen LogP contribution >= 0.6 is 0 Å². The summed E-state index contributed by atoms with van der Waals surface area (Å²) >= 11 is 0. The van der Waals surface area contributed by atoms with Gasteiger partial charge >= 0.3 is 0 Å². The first-order valence-electron chi connectivity index (χ1n) is 7.51. The van der Waals surface area contributed by atoms with Gasteiger partial charge in [-0.3, -0.25) is 4.79 Å². The van der Waals surface area contributed by atoms with Crippen LogP contribution < -0.4 is 10.6 Å². The van der Waals surface area contributed by atoms with Crippen molar-refractivity contribution in [2.45, 2.75) is 12.3 Å². The van der Waals surface area contributed by atoms with Crippen molar-refractivity contribution in [2.75, 3.05) is 25.0 Å². The molecule has 0 saturated heterocycles. The van der Waals surface area contributed by atoms with Gasteiger partial charge in [0.25, 0.3) is 0 Å². The molecule has 2 aromatic carbocycles. The van der Waals surface area contributed by atoms with E-state index in [-0.39, 0.29) is 25.0 Å². The molecule has 0 aliphatic heterocycles. The lowest BCUT2D eigenvalue weighted by Crippen LogP contribution is -2.33. The predicted molar refractivity (Wildman–Crippen MR) is 88.8 cm³/mol. The van der Waals surface area contributed by atoms with Crippen molar-refractivity contribution < 1.29 is 9.90 Å². The fourth-order valence-electron chi connectivity index (χ4n) is 2.31. The molecule has 4 nitrogen and oxygen atoms in total. The molecule has 0 bridgehead atoms. The minimum atomic E-state index is -0.0530. The molecule has 0 aromatic heterocycles. The van der Waals surface area contributed by atoms with Gasteiger partial charge in [0, 0.05) is 24.8 Å². The van der Waals surface area contributed by atoms with Crippen molar-refractivity contribution in [1.82, 2.24) is 5.32 Å². The summed E-state index contributed by atoms with van der Waals surface area (Å²) in [6.07, 6.45) is 0.635. The zero-order valence-corrected chi connectivity index (χ0v) is 12.5. The Morgan fingerprint density at radius 2 is 1.64 bits per heavy atom. The lowest BCUT2D eigenvalue weighted by molar-refractivity contribution is -0.119. The van der Waals surface area contributed by atoms with E-state index in [1.807, 2.05) is 60.7 Å². The second kappa shape index (κ2) is 8.85. The molecule has 4 heteroatoms. The van der Waals surface area contributed by atoms with Crippen LogP contribution in [0.4, 0.5) is 5.69 Å². The Balaban J connectivity index is 1.80. The van der Waals surface area contributed by atoms with E-state index in [0.717, 1.165) is 11.3 Å². The Morgan fingerprint density at radius 3 is 2.27 bits per heavy atom. The summed E-state index contributed by atoms with van der Waals surface area (Å²) in [5.74, 6) is 0.0783. The summed E-state index contributed by atoms with van der Waals surface area (Å²) in [7, 11) is 0. The zero-order valence-electron chi connectivity index (χ0n) is 12.5. The lowest BCUT2D eigenvalue weighted by Gasteiger charge is -2.17. The molecule has 0 aliphatic rings. The van der Waals surface area contributed by atoms with Gasteiger partial charge in [-0.25, -0.2) is 0 Å². The van der Waals surface area contributed by atoms with E-state index in [9.17, 15) is 9.90 Å². The summed E-state index contributed by atoms with van der Waals surface area (Å²) in [5.41, 5.74) is 2.06. The number of carbonyl (C=O) groups is 1. The Labute approximate surface area is 131 Å². The number of benzene rings is 2. The molecule has 2 rings (SSSR count). The molecular formula is C18H22N2O2. The largest absolute Gasteiger partial charge is 0.396 e. The maximum absolute atomic E-state index is 11.9.